The highest BCUT2D eigenvalue weighted by molar-refractivity contribution is 7.22. The first kappa shape index (κ1) is 23.7. The van der Waals surface area contributed by atoms with Crippen LogP contribution in [0.2, 0.25) is 0 Å². The number of aryl methyl sites for hydroxylation is 2. The summed E-state index contributed by atoms with van der Waals surface area (Å²) < 4.78 is 6.89. The zero-order valence-corrected chi connectivity index (χ0v) is 21.0. The average Bonchev–Trinajstić information content (AvgIpc) is 3.55. The third-order valence-electron chi connectivity index (χ3n) is 6.93. The van der Waals surface area contributed by atoms with E-state index in [2.05, 4.69) is 11.0 Å². The van der Waals surface area contributed by atoms with E-state index in [1.165, 1.54) is 17.4 Å². The lowest BCUT2D eigenvalue weighted by Gasteiger charge is -2.28. The van der Waals surface area contributed by atoms with Gasteiger partial charge in [0.25, 0.3) is 11.6 Å². The van der Waals surface area contributed by atoms with Gasteiger partial charge in [-0.2, -0.15) is 0 Å². The molecular formula is C26H30N4O4S. The van der Waals surface area contributed by atoms with Crippen molar-refractivity contribution in [3.8, 4) is 0 Å². The first-order chi connectivity index (χ1) is 16.9. The molecular weight excluding hydrogens is 464 g/mol. The molecule has 1 unspecified atom stereocenters. The maximum atomic E-state index is 13.8. The highest BCUT2D eigenvalue weighted by Gasteiger charge is 2.30. The summed E-state index contributed by atoms with van der Waals surface area (Å²) in [5, 5.41) is 12.6. The van der Waals surface area contributed by atoms with Crippen LogP contribution in [0.25, 0.3) is 10.2 Å². The predicted octanol–water partition coefficient (Wildman–Crippen LogP) is 5.64. The molecule has 0 aliphatic carbocycles. The Bertz CT molecular complexity index is 1220. The zero-order chi connectivity index (χ0) is 24.5. The van der Waals surface area contributed by atoms with Crippen LogP contribution in [0.1, 0.15) is 53.6 Å². The number of hydrogen-bond acceptors (Lipinski definition) is 7. The van der Waals surface area contributed by atoms with E-state index in [-0.39, 0.29) is 22.6 Å². The largest absolute Gasteiger partial charge is 0.376 e. The SMILES string of the molecule is Cc1ccc(C)c2sc(N(CC3CCCO3)C(=O)c3ccc(N4CCCCC4)c([N+](=O)[O-])c3)nc12. The molecule has 2 aliphatic rings. The quantitative estimate of drug-likeness (QED) is 0.326. The molecule has 35 heavy (non-hydrogen) atoms. The first-order valence-corrected chi connectivity index (χ1v) is 13.1. The molecule has 0 saturated carbocycles. The number of aromatic nitrogens is 1. The summed E-state index contributed by atoms with van der Waals surface area (Å²) in [5.41, 5.74) is 3.92. The van der Waals surface area contributed by atoms with Crippen molar-refractivity contribution in [3.63, 3.8) is 0 Å². The molecule has 3 aromatic rings. The second-order valence-corrected chi connectivity index (χ2v) is 10.4. The van der Waals surface area contributed by atoms with Gasteiger partial charge < -0.3 is 9.64 Å². The van der Waals surface area contributed by atoms with Gasteiger partial charge in [0.05, 0.1) is 27.8 Å². The Morgan fingerprint density at radius 3 is 2.63 bits per heavy atom. The number of anilines is 2. The van der Waals surface area contributed by atoms with Gasteiger partial charge in [0.1, 0.15) is 5.69 Å². The molecule has 0 spiro atoms. The Hall–Kier alpha value is -3.04. The van der Waals surface area contributed by atoms with E-state index in [1.807, 2.05) is 19.9 Å². The number of hydrogen-bond donors (Lipinski definition) is 0. The molecule has 9 heteroatoms. The number of nitrogens with zero attached hydrogens (tertiary/aromatic N) is 4. The Kier molecular flexibility index (Phi) is 6.71. The van der Waals surface area contributed by atoms with Gasteiger partial charge in [0, 0.05) is 31.3 Å². The normalized spacial score (nSPS) is 18.2. The smallest absolute Gasteiger partial charge is 0.293 e. The van der Waals surface area contributed by atoms with Crippen LogP contribution < -0.4 is 9.80 Å². The van der Waals surface area contributed by atoms with Crippen molar-refractivity contribution in [3.05, 3.63) is 57.1 Å². The molecule has 3 heterocycles. The van der Waals surface area contributed by atoms with Gasteiger partial charge in [-0.15, -0.1) is 0 Å². The minimum atomic E-state index is -0.379. The Balaban J connectivity index is 1.53. The molecule has 0 bridgehead atoms. The van der Waals surface area contributed by atoms with E-state index in [0.29, 0.717) is 29.5 Å². The lowest BCUT2D eigenvalue weighted by atomic mass is 10.1. The fraction of sp³-hybridized carbons (Fsp3) is 0.462. The van der Waals surface area contributed by atoms with Gasteiger partial charge in [0.15, 0.2) is 5.13 Å². The summed E-state index contributed by atoms with van der Waals surface area (Å²) in [6, 6.07) is 8.97. The van der Waals surface area contributed by atoms with Crippen molar-refractivity contribution in [2.45, 2.75) is 52.1 Å². The predicted molar refractivity (Wildman–Crippen MR) is 139 cm³/mol. The number of rotatable bonds is 6. The Morgan fingerprint density at radius 1 is 1.17 bits per heavy atom. The summed E-state index contributed by atoms with van der Waals surface area (Å²) >= 11 is 1.49. The van der Waals surface area contributed by atoms with Crippen molar-refractivity contribution in [1.29, 1.82) is 0 Å². The summed E-state index contributed by atoms with van der Waals surface area (Å²) in [5.74, 6) is -0.289. The highest BCUT2D eigenvalue weighted by atomic mass is 32.1. The molecule has 184 valence electrons. The van der Waals surface area contributed by atoms with Crippen LogP contribution >= 0.6 is 11.3 Å². The number of piperidine rings is 1. The van der Waals surface area contributed by atoms with E-state index in [0.717, 1.165) is 66.5 Å². The van der Waals surface area contributed by atoms with Crippen molar-refractivity contribution in [2.75, 3.05) is 36.0 Å². The number of carbonyl (C=O) groups is 1. The molecule has 1 amide bonds. The molecule has 5 rings (SSSR count). The lowest BCUT2D eigenvalue weighted by Crippen LogP contribution is -2.37. The maximum absolute atomic E-state index is 13.8. The fourth-order valence-corrected chi connectivity index (χ4v) is 6.08. The second kappa shape index (κ2) is 9.91. The van der Waals surface area contributed by atoms with Crippen LogP contribution in [0.15, 0.2) is 30.3 Å². The standard InChI is InChI=1S/C26H30N4O4S/c1-17-8-9-18(2)24-23(17)27-26(35-24)29(16-20-7-6-14-34-20)25(31)19-10-11-21(22(15-19)30(32)33)28-12-4-3-5-13-28/h8-11,15,20H,3-7,12-14,16H2,1-2H3. The fourth-order valence-electron chi connectivity index (χ4n) is 4.96. The van der Waals surface area contributed by atoms with Crippen molar-refractivity contribution in [1.82, 2.24) is 4.98 Å². The van der Waals surface area contributed by atoms with Gasteiger partial charge in [-0.1, -0.05) is 23.5 Å². The maximum Gasteiger partial charge on any atom is 0.293 e. The number of nitro groups is 1. The van der Waals surface area contributed by atoms with Crippen molar-refractivity contribution < 1.29 is 14.5 Å². The average molecular weight is 495 g/mol. The molecule has 2 fully saturated rings. The van der Waals surface area contributed by atoms with E-state index in [9.17, 15) is 14.9 Å². The summed E-state index contributed by atoms with van der Waals surface area (Å²) in [4.78, 5) is 34.0. The number of carbonyl (C=O) groups excluding carboxylic acids is 1. The van der Waals surface area contributed by atoms with Gasteiger partial charge in [-0.25, -0.2) is 4.98 Å². The molecule has 2 saturated heterocycles. The number of ether oxygens (including phenoxy) is 1. The van der Waals surface area contributed by atoms with Crippen LogP contribution in [0, 0.1) is 24.0 Å². The number of nitro benzene ring substituents is 1. The minimum absolute atomic E-state index is 0.0224. The third kappa shape index (κ3) is 4.75. The monoisotopic (exact) mass is 494 g/mol. The number of amides is 1. The lowest BCUT2D eigenvalue weighted by molar-refractivity contribution is -0.384. The van der Waals surface area contributed by atoms with Crippen LogP contribution in [-0.4, -0.2) is 48.2 Å². The van der Waals surface area contributed by atoms with Crippen molar-refractivity contribution in [2.24, 2.45) is 0 Å². The molecule has 0 radical (unpaired) electrons. The molecule has 1 atom stereocenters. The second-order valence-electron chi connectivity index (χ2n) is 9.43. The topological polar surface area (TPSA) is 88.8 Å². The Morgan fingerprint density at radius 2 is 1.94 bits per heavy atom. The first-order valence-electron chi connectivity index (χ1n) is 12.3. The van der Waals surface area contributed by atoms with Crippen LogP contribution in [-0.2, 0) is 4.74 Å². The van der Waals surface area contributed by atoms with E-state index in [1.54, 1.807) is 17.0 Å². The summed E-state index contributed by atoms with van der Waals surface area (Å²) in [6.07, 6.45) is 4.94. The van der Waals surface area contributed by atoms with Crippen molar-refractivity contribution >= 4 is 44.0 Å². The minimum Gasteiger partial charge on any atom is -0.376 e. The van der Waals surface area contributed by atoms with Gasteiger partial charge in [-0.05, 0) is 69.2 Å². The van der Waals surface area contributed by atoms with E-state index >= 15 is 0 Å². The van der Waals surface area contributed by atoms with Gasteiger partial charge in [0.2, 0.25) is 0 Å². The van der Waals surface area contributed by atoms with Crippen LogP contribution in [0.4, 0.5) is 16.5 Å². The van der Waals surface area contributed by atoms with E-state index < -0.39 is 0 Å². The third-order valence-corrected chi connectivity index (χ3v) is 8.15. The van der Waals surface area contributed by atoms with Gasteiger partial charge >= 0.3 is 0 Å². The Labute approximate surface area is 208 Å². The number of thiazole rings is 1. The van der Waals surface area contributed by atoms with Gasteiger partial charge in [-0.3, -0.25) is 19.8 Å². The summed E-state index contributed by atoms with van der Waals surface area (Å²) in [7, 11) is 0. The zero-order valence-electron chi connectivity index (χ0n) is 20.2. The van der Waals surface area contributed by atoms with E-state index in [4.69, 9.17) is 9.72 Å². The van der Waals surface area contributed by atoms with Crippen LogP contribution in [0.3, 0.4) is 0 Å². The molecule has 8 nitrogen and oxygen atoms in total. The molecule has 0 N–H and O–H groups in total. The molecule has 2 aliphatic heterocycles. The molecule has 2 aromatic carbocycles. The number of benzene rings is 2. The highest BCUT2D eigenvalue weighted by Crippen LogP contribution is 2.36. The summed E-state index contributed by atoms with van der Waals surface area (Å²) in [6.45, 7) is 6.70. The van der Waals surface area contributed by atoms with Crippen LogP contribution in [0.5, 0.6) is 0 Å². The molecule has 1 aromatic heterocycles. The number of fused-ring (bicyclic) bond motifs is 1.